The van der Waals surface area contributed by atoms with Crippen LogP contribution in [-0.4, -0.2) is 44.0 Å². The Kier molecular flexibility index (Phi) is 6.27. The summed E-state index contributed by atoms with van der Waals surface area (Å²) in [6, 6.07) is 23.8. The fourth-order valence-corrected chi connectivity index (χ4v) is 5.11. The highest BCUT2D eigenvalue weighted by Gasteiger charge is 2.31. The smallest absolute Gasteiger partial charge is 0.250 e. The SMILES string of the molecule is CC(=NS(=O)(=O)c1ccc(Cl)cc1)N1CC(c2ccccc2)C(c2ccc(C3=NCN=N3)cc2)=N1. The van der Waals surface area contributed by atoms with Gasteiger partial charge in [-0.15, -0.1) is 9.51 Å². The number of hydrogen-bond donors (Lipinski definition) is 0. The number of amidine groups is 2. The molecule has 0 saturated carbocycles. The van der Waals surface area contributed by atoms with Crippen molar-refractivity contribution >= 4 is 39.0 Å². The normalized spacial score (nSPS) is 18.1. The van der Waals surface area contributed by atoms with Crippen LogP contribution in [-0.2, 0) is 10.0 Å². The summed E-state index contributed by atoms with van der Waals surface area (Å²) < 4.78 is 29.7. The van der Waals surface area contributed by atoms with Crippen molar-refractivity contribution in [1.29, 1.82) is 0 Å². The molecule has 2 aliphatic heterocycles. The predicted octanol–water partition coefficient (Wildman–Crippen LogP) is 5.12. The Morgan fingerprint density at radius 3 is 2.31 bits per heavy atom. The van der Waals surface area contributed by atoms with Crippen molar-refractivity contribution < 1.29 is 8.42 Å². The lowest BCUT2D eigenvalue weighted by molar-refractivity contribution is 0.472. The van der Waals surface area contributed by atoms with Gasteiger partial charge in [0, 0.05) is 16.5 Å². The lowest BCUT2D eigenvalue weighted by atomic mass is 9.90. The number of hydrogen-bond acceptors (Lipinski definition) is 6. The van der Waals surface area contributed by atoms with E-state index in [2.05, 4.69) is 19.6 Å². The van der Waals surface area contributed by atoms with Crippen LogP contribution in [0.2, 0.25) is 5.02 Å². The zero-order chi connectivity index (χ0) is 24.4. The van der Waals surface area contributed by atoms with Crippen LogP contribution in [0.15, 0.2) is 108 Å². The third kappa shape index (κ3) is 4.91. The molecule has 3 aromatic carbocycles. The first-order valence-electron chi connectivity index (χ1n) is 10.9. The van der Waals surface area contributed by atoms with Crippen LogP contribution >= 0.6 is 11.6 Å². The van der Waals surface area contributed by atoms with Gasteiger partial charge in [-0.1, -0.05) is 66.2 Å². The molecule has 8 nitrogen and oxygen atoms in total. The number of halogens is 1. The van der Waals surface area contributed by atoms with Crippen molar-refractivity contribution in [3.63, 3.8) is 0 Å². The first-order valence-corrected chi connectivity index (χ1v) is 12.7. The molecule has 1 atom stereocenters. The predicted molar refractivity (Wildman–Crippen MR) is 137 cm³/mol. The first-order chi connectivity index (χ1) is 16.9. The number of azo groups is 1. The van der Waals surface area contributed by atoms with Gasteiger partial charge in [0.2, 0.25) is 0 Å². The van der Waals surface area contributed by atoms with E-state index in [-0.39, 0.29) is 16.6 Å². The molecular formula is C25H21ClN6O2S. The van der Waals surface area contributed by atoms with E-state index >= 15 is 0 Å². The van der Waals surface area contributed by atoms with Crippen molar-refractivity contribution in [2.75, 3.05) is 13.2 Å². The van der Waals surface area contributed by atoms with Gasteiger partial charge in [0.05, 0.1) is 17.2 Å². The van der Waals surface area contributed by atoms with E-state index in [9.17, 15) is 8.42 Å². The first kappa shape index (κ1) is 23.1. The number of rotatable bonds is 5. The molecule has 0 aliphatic carbocycles. The topological polar surface area (TPSA) is 99.2 Å². The molecule has 3 aromatic rings. The van der Waals surface area contributed by atoms with E-state index in [4.69, 9.17) is 16.7 Å². The molecule has 0 radical (unpaired) electrons. The summed E-state index contributed by atoms with van der Waals surface area (Å²) in [5, 5.41) is 14.8. The van der Waals surface area contributed by atoms with E-state index < -0.39 is 10.0 Å². The number of sulfonamides is 1. The maximum Gasteiger partial charge on any atom is 0.283 e. The maximum absolute atomic E-state index is 12.8. The number of hydrazone groups is 1. The van der Waals surface area contributed by atoms with Gasteiger partial charge in [-0.05, 0) is 42.3 Å². The minimum absolute atomic E-state index is 0.0612. The molecule has 5 rings (SSSR count). The molecule has 1 unspecified atom stereocenters. The summed E-state index contributed by atoms with van der Waals surface area (Å²) in [6.45, 7) is 2.47. The Labute approximate surface area is 208 Å². The second-order valence-corrected chi connectivity index (χ2v) is 10.1. The van der Waals surface area contributed by atoms with Crippen molar-refractivity contribution in [3.05, 3.63) is 101 Å². The largest absolute Gasteiger partial charge is 0.283 e. The van der Waals surface area contributed by atoms with Gasteiger partial charge in [0.15, 0.2) is 12.5 Å². The molecule has 35 heavy (non-hydrogen) atoms. The van der Waals surface area contributed by atoms with Gasteiger partial charge >= 0.3 is 0 Å². The Morgan fingerprint density at radius 1 is 0.971 bits per heavy atom. The van der Waals surface area contributed by atoms with Crippen LogP contribution in [0.3, 0.4) is 0 Å². The lowest BCUT2D eigenvalue weighted by Gasteiger charge is -2.16. The molecule has 0 saturated heterocycles. The van der Waals surface area contributed by atoms with Crippen molar-refractivity contribution in [1.82, 2.24) is 5.01 Å². The second-order valence-electron chi connectivity index (χ2n) is 8.04. The Hall–Kier alpha value is -3.69. The third-order valence-electron chi connectivity index (χ3n) is 5.74. The standard InChI is InChI=1S/C25H21ClN6O2S/c1-17(31-35(33,34)22-13-11-21(26)12-14-22)32-15-23(18-5-3-2-4-6-18)24(30-32)19-7-9-20(10-8-19)25-27-16-28-29-25/h2-14,23H,15-16H2,1H3. The van der Waals surface area contributed by atoms with Crippen LogP contribution in [0, 0.1) is 0 Å². The minimum Gasteiger partial charge on any atom is -0.250 e. The van der Waals surface area contributed by atoms with Gasteiger partial charge in [0.1, 0.15) is 5.84 Å². The minimum atomic E-state index is -3.91. The van der Waals surface area contributed by atoms with Gasteiger partial charge in [0.25, 0.3) is 10.0 Å². The molecular weight excluding hydrogens is 484 g/mol. The summed E-state index contributed by atoms with van der Waals surface area (Å²) in [4.78, 5) is 4.34. The van der Waals surface area contributed by atoms with Gasteiger partial charge in [-0.2, -0.15) is 18.6 Å². The zero-order valence-electron chi connectivity index (χ0n) is 18.8. The fraction of sp³-hybridized carbons (Fsp3) is 0.160. The molecule has 0 N–H and O–H groups in total. The highest BCUT2D eigenvalue weighted by atomic mass is 35.5. The van der Waals surface area contributed by atoms with Crippen LogP contribution in [0.5, 0.6) is 0 Å². The zero-order valence-corrected chi connectivity index (χ0v) is 20.4. The molecule has 176 valence electrons. The summed E-state index contributed by atoms with van der Waals surface area (Å²) in [5.41, 5.74) is 3.72. The Morgan fingerprint density at radius 2 is 1.66 bits per heavy atom. The molecule has 0 bridgehead atoms. The molecule has 2 heterocycles. The summed E-state index contributed by atoms with van der Waals surface area (Å²) >= 11 is 5.89. The summed E-state index contributed by atoms with van der Waals surface area (Å²) in [5.74, 6) is 0.837. The van der Waals surface area contributed by atoms with E-state index in [0.29, 0.717) is 24.1 Å². The van der Waals surface area contributed by atoms with Crippen molar-refractivity contribution in [2.24, 2.45) is 24.7 Å². The van der Waals surface area contributed by atoms with Gasteiger partial charge in [-0.25, -0.2) is 10.0 Å². The number of benzene rings is 3. The monoisotopic (exact) mass is 504 g/mol. The van der Waals surface area contributed by atoms with Gasteiger partial charge < -0.3 is 0 Å². The van der Waals surface area contributed by atoms with Crippen LogP contribution < -0.4 is 0 Å². The fourth-order valence-electron chi connectivity index (χ4n) is 3.96. The molecule has 0 fully saturated rings. The lowest BCUT2D eigenvalue weighted by Crippen LogP contribution is -2.24. The molecule has 10 heteroatoms. The van der Waals surface area contributed by atoms with E-state index in [1.165, 1.54) is 24.3 Å². The molecule has 2 aliphatic rings. The highest BCUT2D eigenvalue weighted by Crippen LogP contribution is 2.30. The molecule has 0 spiro atoms. The summed E-state index contributed by atoms with van der Waals surface area (Å²) in [6.07, 6.45) is 0. The highest BCUT2D eigenvalue weighted by molar-refractivity contribution is 7.90. The molecule has 0 aromatic heterocycles. The average molecular weight is 505 g/mol. The van der Waals surface area contributed by atoms with E-state index in [0.717, 1.165) is 22.4 Å². The summed E-state index contributed by atoms with van der Waals surface area (Å²) in [7, 11) is -3.91. The van der Waals surface area contributed by atoms with Crippen molar-refractivity contribution in [2.45, 2.75) is 17.7 Å². The van der Waals surface area contributed by atoms with Crippen LogP contribution in [0.4, 0.5) is 0 Å². The number of nitrogens with zero attached hydrogens (tertiary/aromatic N) is 6. The number of aliphatic imine (C=N–C) groups is 1. The second kappa shape index (κ2) is 9.52. The average Bonchev–Trinajstić information content (AvgIpc) is 3.56. The van der Waals surface area contributed by atoms with Crippen molar-refractivity contribution in [3.8, 4) is 0 Å². The maximum atomic E-state index is 12.8. The Bertz CT molecular complexity index is 1460. The third-order valence-corrected chi connectivity index (χ3v) is 7.37. The van der Waals surface area contributed by atoms with E-state index in [1.807, 2.05) is 54.6 Å². The Balaban J connectivity index is 1.48. The quantitative estimate of drug-likeness (QED) is 0.356. The van der Waals surface area contributed by atoms with E-state index in [1.54, 1.807) is 11.9 Å². The van der Waals surface area contributed by atoms with Crippen LogP contribution in [0.25, 0.3) is 0 Å². The molecule has 0 amide bonds. The van der Waals surface area contributed by atoms with Crippen LogP contribution in [0.1, 0.15) is 29.5 Å². The van der Waals surface area contributed by atoms with Gasteiger partial charge in [-0.3, -0.25) is 0 Å².